The Morgan fingerprint density at radius 2 is 1.86 bits per heavy atom. The van der Waals surface area contributed by atoms with Gasteiger partial charge in [-0.3, -0.25) is 4.79 Å². The molecule has 5 nitrogen and oxygen atoms in total. The standard InChI is InChI=1S/C13H16F3N3O2/c1-12(21,13(14,15)16)11(20)19-8-6-18(7-9-19)10-4-2-3-5-17-10/h2-5,21H,6-9H2,1H3. The number of nitrogens with zero attached hydrogens (tertiary/aromatic N) is 3. The van der Waals surface area contributed by atoms with Crippen LogP contribution >= 0.6 is 0 Å². The Morgan fingerprint density at radius 3 is 2.33 bits per heavy atom. The molecule has 1 unspecified atom stereocenters. The largest absolute Gasteiger partial charge is 0.426 e. The monoisotopic (exact) mass is 303 g/mol. The van der Waals surface area contributed by atoms with Crippen molar-refractivity contribution >= 4 is 11.7 Å². The molecule has 0 bridgehead atoms. The SMILES string of the molecule is CC(O)(C(=O)N1CCN(c2ccccn2)CC1)C(F)(F)F. The molecule has 0 radical (unpaired) electrons. The third-order valence-corrected chi connectivity index (χ3v) is 3.51. The lowest BCUT2D eigenvalue weighted by Gasteiger charge is -2.38. The van der Waals surface area contributed by atoms with Crippen molar-refractivity contribution < 1.29 is 23.1 Å². The molecule has 1 aromatic heterocycles. The summed E-state index contributed by atoms with van der Waals surface area (Å²) in [6.45, 7) is 1.46. The van der Waals surface area contributed by atoms with Gasteiger partial charge in [0.25, 0.3) is 5.91 Å². The molecule has 1 aromatic rings. The van der Waals surface area contributed by atoms with Crippen LogP contribution in [0.25, 0.3) is 0 Å². The Labute approximate surface area is 120 Å². The highest BCUT2D eigenvalue weighted by Gasteiger charge is 2.57. The number of aromatic nitrogens is 1. The van der Waals surface area contributed by atoms with Crippen LogP contribution < -0.4 is 4.90 Å². The number of pyridine rings is 1. The maximum atomic E-state index is 12.7. The molecule has 116 valence electrons. The topological polar surface area (TPSA) is 56.7 Å². The molecule has 1 fully saturated rings. The highest BCUT2D eigenvalue weighted by Crippen LogP contribution is 2.32. The van der Waals surface area contributed by atoms with Crippen molar-refractivity contribution in [3.63, 3.8) is 0 Å². The molecular weight excluding hydrogens is 287 g/mol. The summed E-state index contributed by atoms with van der Waals surface area (Å²) < 4.78 is 38.0. The van der Waals surface area contributed by atoms with Gasteiger partial charge in [0.2, 0.25) is 5.60 Å². The summed E-state index contributed by atoms with van der Waals surface area (Å²) in [5.74, 6) is -0.595. The number of amides is 1. The van der Waals surface area contributed by atoms with E-state index in [1.807, 2.05) is 11.0 Å². The lowest BCUT2D eigenvalue weighted by atomic mass is 10.0. The Hall–Kier alpha value is -1.83. The van der Waals surface area contributed by atoms with Crippen LogP contribution in [0.5, 0.6) is 0 Å². The van der Waals surface area contributed by atoms with Crippen LogP contribution in [0.15, 0.2) is 24.4 Å². The van der Waals surface area contributed by atoms with Gasteiger partial charge in [-0.15, -0.1) is 0 Å². The second-order valence-corrected chi connectivity index (χ2v) is 5.04. The lowest BCUT2D eigenvalue weighted by Crippen LogP contribution is -2.60. The maximum Gasteiger partial charge on any atom is 0.426 e. The van der Waals surface area contributed by atoms with E-state index in [1.54, 1.807) is 18.3 Å². The Balaban J connectivity index is 2.00. The first kappa shape index (κ1) is 15.6. The van der Waals surface area contributed by atoms with E-state index < -0.39 is 17.7 Å². The van der Waals surface area contributed by atoms with Crippen molar-refractivity contribution in [2.24, 2.45) is 0 Å². The fourth-order valence-electron chi connectivity index (χ4n) is 2.11. The second-order valence-electron chi connectivity index (χ2n) is 5.04. The van der Waals surface area contributed by atoms with Crippen molar-refractivity contribution in [3.8, 4) is 0 Å². The van der Waals surface area contributed by atoms with Gasteiger partial charge in [-0.25, -0.2) is 4.98 Å². The summed E-state index contributed by atoms with van der Waals surface area (Å²) in [6, 6.07) is 5.38. The predicted molar refractivity (Wildman–Crippen MR) is 69.7 cm³/mol. The number of aliphatic hydroxyl groups is 1. The highest BCUT2D eigenvalue weighted by atomic mass is 19.4. The van der Waals surface area contributed by atoms with Gasteiger partial charge in [0, 0.05) is 32.4 Å². The van der Waals surface area contributed by atoms with Crippen LogP contribution in [0.1, 0.15) is 6.92 Å². The molecule has 0 aromatic carbocycles. The smallest absolute Gasteiger partial charge is 0.373 e. The normalized spacial score (nSPS) is 19.3. The first-order valence-electron chi connectivity index (χ1n) is 6.48. The zero-order valence-corrected chi connectivity index (χ0v) is 11.5. The second kappa shape index (κ2) is 5.51. The number of anilines is 1. The summed E-state index contributed by atoms with van der Waals surface area (Å²) >= 11 is 0. The molecule has 1 aliphatic heterocycles. The van der Waals surface area contributed by atoms with Crippen molar-refractivity contribution in [1.29, 1.82) is 0 Å². The molecule has 2 heterocycles. The molecular formula is C13H16F3N3O2. The Morgan fingerprint density at radius 1 is 1.24 bits per heavy atom. The molecule has 21 heavy (non-hydrogen) atoms. The zero-order chi connectivity index (χ0) is 15.7. The van der Waals surface area contributed by atoms with Crippen LogP contribution in [0.2, 0.25) is 0 Å². The van der Waals surface area contributed by atoms with E-state index >= 15 is 0 Å². The molecule has 1 saturated heterocycles. The van der Waals surface area contributed by atoms with E-state index in [4.69, 9.17) is 0 Å². The average molecular weight is 303 g/mol. The third-order valence-electron chi connectivity index (χ3n) is 3.51. The van der Waals surface area contributed by atoms with Gasteiger partial charge >= 0.3 is 6.18 Å². The van der Waals surface area contributed by atoms with E-state index in [0.29, 0.717) is 25.8 Å². The van der Waals surface area contributed by atoms with Crippen LogP contribution in [0.4, 0.5) is 19.0 Å². The molecule has 1 N–H and O–H groups in total. The fourth-order valence-corrected chi connectivity index (χ4v) is 2.11. The van der Waals surface area contributed by atoms with Crippen LogP contribution in [0, 0.1) is 0 Å². The average Bonchev–Trinajstić information content (AvgIpc) is 2.46. The first-order chi connectivity index (χ1) is 9.73. The van der Waals surface area contributed by atoms with Gasteiger partial charge in [0.1, 0.15) is 5.82 Å². The molecule has 2 rings (SSSR count). The van der Waals surface area contributed by atoms with Crippen molar-refractivity contribution in [2.45, 2.75) is 18.7 Å². The summed E-state index contributed by atoms with van der Waals surface area (Å²) in [7, 11) is 0. The summed E-state index contributed by atoms with van der Waals surface area (Å²) in [5.41, 5.74) is -3.35. The summed E-state index contributed by atoms with van der Waals surface area (Å²) in [5, 5.41) is 9.41. The molecule has 0 saturated carbocycles. The molecule has 1 atom stereocenters. The Kier molecular flexibility index (Phi) is 4.08. The minimum atomic E-state index is -4.98. The highest BCUT2D eigenvalue weighted by molar-refractivity contribution is 5.85. The molecule has 0 aliphatic carbocycles. The number of carbonyl (C=O) groups excluding carboxylic acids is 1. The maximum absolute atomic E-state index is 12.7. The third kappa shape index (κ3) is 3.10. The van der Waals surface area contributed by atoms with E-state index in [9.17, 15) is 23.1 Å². The van der Waals surface area contributed by atoms with E-state index in [1.165, 1.54) is 0 Å². The van der Waals surface area contributed by atoms with Gasteiger partial charge in [-0.2, -0.15) is 13.2 Å². The van der Waals surface area contributed by atoms with Crippen molar-refractivity contribution in [1.82, 2.24) is 9.88 Å². The van der Waals surface area contributed by atoms with Crippen LogP contribution in [0.3, 0.4) is 0 Å². The molecule has 8 heteroatoms. The quantitative estimate of drug-likeness (QED) is 0.887. The van der Waals surface area contributed by atoms with Crippen molar-refractivity contribution in [2.75, 3.05) is 31.1 Å². The molecule has 1 aliphatic rings. The minimum absolute atomic E-state index is 0.113. The van der Waals surface area contributed by atoms with Crippen LogP contribution in [-0.2, 0) is 4.79 Å². The van der Waals surface area contributed by atoms with Crippen molar-refractivity contribution in [3.05, 3.63) is 24.4 Å². The van der Waals surface area contributed by atoms with E-state index in [0.717, 1.165) is 4.90 Å². The van der Waals surface area contributed by atoms with E-state index in [2.05, 4.69) is 4.98 Å². The Bertz CT molecular complexity index is 497. The number of rotatable bonds is 2. The van der Waals surface area contributed by atoms with Gasteiger partial charge < -0.3 is 14.9 Å². The van der Waals surface area contributed by atoms with E-state index in [-0.39, 0.29) is 13.1 Å². The predicted octanol–water partition coefficient (Wildman–Crippen LogP) is 1.04. The summed E-state index contributed by atoms with van der Waals surface area (Å²) in [6.07, 6.45) is -3.36. The number of hydrogen-bond acceptors (Lipinski definition) is 4. The lowest BCUT2D eigenvalue weighted by molar-refractivity contribution is -0.250. The minimum Gasteiger partial charge on any atom is -0.373 e. The van der Waals surface area contributed by atoms with Gasteiger partial charge in [0.15, 0.2) is 0 Å². The molecule has 1 amide bonds. The number of halogens is 3. The first-order valence-corrected chi connectivity index (χ1v) is 6.48. The van der Waals surface area contributed by atoms with Gasteiger partial charge in [0.05, 0.1) is 0 Å². The van der Waals surface area contributed by atoms with Crippen LogP contribution in [-0.4, -0.2) is 58.9 Å². The number of piperazine rings is 1. The fraction of sp³-hybridized carbons (Fsp3) is 0.538. The molecule has 0 spiro atoms. The zero-order valence-electron chi connectivity index (χ0n) is 11.5. The van der Waals surface area contributed by atoms with Gasteiger partial charge in [-0.05, 0) is 19.1 Å². The number of alkyl halides is 3. The summed E-state index contributed by atoms with van der Waals surface area (Å²) in [4.78, 5) is 18.9. The number of carbonyl (C=O) groups is 1. The van der Waals surface area contributed by atoms with Gasteiger partial charge in [-0.1, -0.05) is 6.07 Å². The number of hydrogen-bond donors (Lipinski definition) is 1.